The summed E-state index contributed by atoms with van der Waals surface area (Å²) in [5.74, 6) is 8.38. The fourth-order valence-electron chi connectivity index (χ4n) is 4.98. The summed E-state index contributed by atoms with van der Waals surface area (Å²) in [7, 11) is 2.80. The summed E-state index contributed by atoms with van der Waals surface area (Å²) in [4.78, 5) is 23.6. The van der Waals surface area contributed by atoms with Crippen LogP contribution in [0.4, 0.5) is 11.4 Å². The molecule has 0 aliphatic heterocycles. The van der Waals surface area contributed by atoms with E-state index in [1.165, 1.54) is 36.5 Å². The van der Waals surface area contributed by atoms with E-state index in [9.17, 15) is 9.59 Å². The Kier molecular flexibility index (Phi) is 16.8. The first-order chi connectivity index (χ1) is 22.8. The van der Waals surface area contributed by atoms with Gasteiger partial charge in [0, 0.05) is 28.4 Å². The molecule has 0 aliphatic rings. The lowest BCUT2D eigenvalue weighted by molar-refractivity contribution is -0.256. The van der Waals surface area contributed by atoms with Gasteiger partial charge in [0.25, 0.3) is 0 Å². The third-order valence-electron chi connectivity index (χ3n) is 7.89. The number of rotatable bonds is 4. The lowest BCUT2D eigenvalue weighted by Crippen LogP contribution is -3.00. The highest BCUT2D eigenvalue weighted by Crippen LogP contribution is 2.28. The Balaban J connectivity index is 0.000000410. The van der Waals surface area contributed by atoms with Crippen LogP contribution in [0.25, 0.3) is 0 Å². The SMILES string of the molecule is C#Cc1cc(C)cc(C)c1.COC(=O)C(C)(C)c1ccc(N)c(C#Cc2cc(C)cc(C)c2)c1.COC(=O)C(C)(C)c1ccc([NH3+])c(I)c1.[Cl-]. The number of carbonyl (C=O) groups is 2. The highest BCUT2D eigenvalue weighted by molar-refractivity contribution is 14.1. The van der Waals surface area contributed by atoms with Crippen molar-refractivity contribution in [2.24, 2.45) is 0 Å². The van der Waals surface area contributed by atoms with Gasteiger partial charge in [0.2, 0.25) is 0 Å². The summed E-state index contributed by atoms with van der Waals surface area (Å²) < 4.78 is 10.7. The Morgan fingerprint density at radius 2 is 1.12 bits per heavy atom. The zero-order valence-corrected chi connectivity index (χ0v) is 33.6. The van der Waals surface area contributed by atoms with Crippen molar-refractivity contribution in [1.29, 1.82) is 0 Å². The Morgan fingerprint density at radius 1 is 0.700 bits per heavy atom. The van der Waals surface area contributed by atoms with Gasteiger partial charge < -0.3 is 33.3 Å². The Labute approximate surface area is 318 Å². The van der Waals surface area contributed by atoms with Crippen LogP contribution in [0.5, 0.6) is 0 Å². The van der Waals surface area contributed by atoms with Gasteiger partial charge in [-0.3, -0.25) is 9.59 Å². The second kappa shape index (κ2) is 19.2. The largest absolute Gasteiger partial charge is 1.00 e. The maximum atomic E-state index is 12.0. The Hall–Kier alpha value is -4.28. The van der Waals surface area contributed by atoms with Crippen LogP contribution in [0.3, 0.4) is 0 Å². The molecule has 0 fully saturated rings. The topological polar surface area (TPSA) is 106 Å². The van der Waals surface area contributed by atoms with Crippen molar-refractivity contribution in [2.45, 2.75) is 66.2 Å². The number of benzene rings is 4. The maximum Gasteiger partial charge on any atom is 0.315 e. The molecule has 0 saturated carbocycles. The third-order valence-corrected chi connectivity index (χ3v) is 8.90. The van der Waals surface area contributed by atoms with E-state index < -0.39 is 10.8 Å². The predicted octanol–water partition coefficient (Wildman–Crippen LogP) is 4.64. The van der Waals surface area contributed by atoms with Crippen LogP contribution in [0.1, 0.15) is 77.8 Å². The minimum Gasteiger partial charge on any atom is -1.00 e. The number of aryl methyl sites for hydroxylation is 4. The van der Waals surface area contributed by atoms with Crippen LogP contribution in [0.15, 0.2) is 72.8 Å². The number of anilines is 1. The second-order valence-corrected chi connectivity index (χ2v) is 14.2. The van der Waals surface area contributed by atoms with Gasteiger partial charge in [-0.25, -0.2) is 0 Å². The molecule has 4 rings (SSSR count). The molecular formula is C42H48ClIN2O4. The Bertz CT molecular complexity index is 1890. The molecule has 0 aromatic heterocycles. The molecule has 0 aliphatic carbocycles. The van der Waals surface area contributed by atoms with Crippen molar-refractivity contribution in [3.8, 4) is 24.2 Å². The first-order valence-corrected chi connectivity index (χ1v) is 16.8. The molecule has 0 saturated heterocycles. The number of halogens is 2. The smallest absolute Gasteiger partial charge is 0.315 e. The number of methoxy groups -OCH3 is 2. The number of nitrogen functional groups attached to an aromatic ring is 1. The third kappa shape index (κ3) is 12.2. The second-order valence-electron chi connectivity index (χ2n) is 13.0. The lowest BCUT2D eigenvalue weighted by atomic mass is 9.83. The van der Waals surface area contributed by atoms with Crippen LogP contribution in [0, 0.1) is 55.4 Å². The zero-order valence-electron chi connectivity index (χ0n) is 30.7. The molecule has 6 nitrogen and oxygen atoms in total. The fourth-order valence-corrected chi connectivity index (χ4v) is 5.50. The van der Waals surface area contributed by atoms with Gasteiger partial charge in [0.15, 0.2) is 0 Å². The van der Waals surface area contributed by atoms with E-state index >= 15 is 0 Å². The molecule has 0 atom stereocenters. The monoisotopic (exact) mass is 806 g/mol. The van der Waals surface area contributed by atoms with Gasteiger partial charge >= 0.3 is 11.9 Å². The van der Waals surface area contributed by atoms with Crippen LogP contribution in [0.2, 0.25) is 0 Å². The number of hydrogen-bond acceptors (Lipinski definition) is 5. The standard InChI is InChI=1S/C21H23NO2.C11H14INO2.C10H10.ClH/c1-14-10-15(2)12-16(11-14)6-7-17-13-18(8-9-19(17)22)21(3,4)20(23)24-5;1-11(2,10(14)15-3)7-4-5-9(13)8(12)6-7;1-4-10-6-8(2)5-9(3)7-10;/h8-13H,22H2,1-5H3;4-6H,13H2,1-3H3;1,5-7H,2-3H3;1H. The molecule has 264 valence electrons. The van der Waals surface area contributed by atoms with Gasteiger partial charge in [0.05, 0.1) is 28.6 Å². The van der Waals surface area contributed by atoms with Gasteiger partial charge in [-0.15, -0.1) is 6.42 Å². The number of nitrogens with two attached hydrogens (primary N) is 1. The summed E-state index contributed by atoms with van der Waals surface area (Å²) >= 11 is 2.21. The zero-order chi connectivity index (χ0) is 37.1. The summed E-state index contributed by atoms with van der Waals surface area (Å²) in [5, 5.41) is 0. The summed E-state index contributed by atoms with van der Waals surface area (Å²) in [6.07, 6.45) is 5.24. The van der Waals surface area contributed by atoms with Crippen molar-refractivity contribution < 1.29 is 37.2 Å². The molecular weight excluding hydrogens is 759 g/mol. The molecule has 4 aromatic carbocycles. The number of terminal acetylenes is 1. The predicted molar refractivity (Wildman–Crippen MR) is 208 cm³/mol. The summed E-state index contributed by atoms with van der Waals surface area (Å²) in [5.41, 5.74) is 19.4. The van der Waals surface area contributed by atoms with Crippen molar-refractivity contribution in [1.82, 2.24) is 0 Å². The summed E-state index contributed by atoms with van der Waals surface area (Å²) in [6.45, 7) is 15.6. The van der Waals surface area contributed by atoms with Gasteiger partial charge in [-0.1, -0.05) is 42.0 Å². The van der Waals surface area contributed by atoms with Crippen LogP contribution in [-0.4, -0.2) is 26.2 Å². The lowest BCUT2D eigenvalue weighted by Gasteiger charge is -2.22. The van der Waals surface area contributed by atoms with E-state index in [4.69, 9.17) is 21.6 Å². The molecule has 0 spiro atoms. The minimum absolute atomic E-state index is 0. The van der Waals surface area contributed by atoms with Gasteiger partial charge in [0.1, 0.15) is 5.69 Å². The van der Waals surface area contributed by atoms with Crippen molar-refractivity contribution in [3.05, 3.63) is 126 Å². The molecule has 0 unspecified atom stereocenters. The van der Waals surface area contributed by atoms with Crippen LogP contribution in [-0.2, 0) is 29.9 Å². The molecule has 5 N–H and O–H groups in total. The normalized spacial score (nSPS) is 10.3. The van der Waals surface area contributed by atoms with E-state index in [1.54, 1.807) is 6.07 Å². The number of esters is 2. The van der Waals surface area contributed by atoms with E-state index in [0.29, 0.717) is 11.3 Å². The van der Waals surface area contributed by atoms with E-state index in [0.717, 1.165) is 31.5 Å². The van der Waals surface area contributed by atoms with Gasteiger partial charge in [-0.2, -0.15) is 0 Å². The maximum absolute atomic E-state index is 12.0. The molecule has 0 heterocycles. The Morgan fingerprint density at radius 3 is 1.54 bits per heavy atom. The van der Waals surface area contributed by atoms with Crippen molar-refractivity contribution in [3.63, 3.8) is 0 Å². The molecule has 4 aromatic rings. The molecule has 8 heteroatoms. The number of quaternary nitrogens is 1. The van der Waals surface area contributed by atoms with E-state index in [1.807, 2.05) is 110 Å². The molecule has 0 amide bonds. The quantitative estimate of drug-likeness (QED) is 0.136. The fraction of sp³-hybridized carbons (Fsp3) is 0.286. The van der Waals surface area contributed by atoms with E-state index in [-0.39, 0.29) is 24.3 Å². The van der Waals surface area contributed by atoms with Crippen LogP contribution < -0.4 is 23.9 Å². The first-order valence-electron chi connectivity index (χ1n) is 15.7. The molecule has 0 bridgehead atoms. The highest BCUT2D eigenvalue weighted by Gasteiger charge is 2.32. The average molecular weight is 807 g/mol. The van der Waals surface area contributed by atoms with Crippen molar-refractivity contribution in [2.75, 3.05) is 20.0 Å². The highest BCUT2D eigenvalue weighted by atomic mass is 127. The first kappa shape index (κ1) is 43.7. The number of carbonyl (C=O) groups excluding carboxylic acids is 2. The molecule has 50 heavy (non-hydrogen) atoms. The number of ether oxygens (including phenoxy) is 2. The van der Waals surface area contributed by atoms with Gasteiger partial charge in [-0.05, 0) is 154 Å². The average Bonchev–Trinajstić information content (AvgIpc) is 3.04. The van der Waals surface area contributed by atoms with E-state index in [2.05, 4.69) is 58.2 Å². The molecule has 0 radical (unpaired) electrons. The van der Waals surface area contributed by atoms with Crippen LogP contribution >= 0.6 is 22.6 Å². The van der Waals surface area contributed by atoms with Crippen molar-refractivity contribution >= 4 is 45.9 Å². The summed E-state index contributed by atoms with van der Waals surface area (Å²) in [6, 6.07) is 23.6. The minimum atomic E-state index is -0.751. The number of hydrogen-bond donors (Lipinski definition) is 2.